The third kappa shape index (κ3) is 9.87. The summed E-state index contributed by atoms with van der Waals surface area (Å²) in [6, 6.07) is -1.92. The molecule has 2 fully saturated rings. The van der Waals surface area contributed by atoms with Crippen molar-refractivity contribution in [1.29, 1.82) is 0 Å². The second-order valence-electron chi connectivity index (χ2n) is 7.43. The van der Waals surface area contributed by atoms with Gasteiger partial charge in [0.05, 0.1) is 12.6 Å². The summed E-state index contributed by atoms with van der Waals surface area (Å²) in [6.07, 6.45) is 5.87. The van der Waals surface area contributed by atoms with Gasteiger partial charge in [-0.3, -0.25) is 14.9 Å². The summed E-state index contributed by atoms with van der Waals surface area (Å²) in [5, 5.41) is 12.7. The Morgan fingerprint density at radius 3 is 2.16 bits per heavy atom. The highest BCUT2D eigenvalue weighted by molar-refractivity contribution is 7.60. The highest BCUT2D eigenvalue weighted by Crippen LogP contribution is 2.40. The molecule has 31 heavy (non-hydrogen) atoms. The Hall–Kier alpha value is 0.120. The first kappa shape index (κ1) is 38.4. The molecule has 5 atom stereocenters. The van der Waals surface area contributed by atoms with Crippen molar-refractivity contribution in [3.8, 4) is 0 Å². The molecule has 1 amide bonds. The van der Waals surface area contributed by atoms with Gasteiger partial charge < -0.3 is 14.7 Å². The summed E-state index contributed by atoms with van der Waals surface area (Å²) in [6.45, 7) is 5.72. The molecule has 0 aromatic carbocycles. The molecule has 0 bridgehead atoms. The number of carbonyl (C=O) groups is 3. The zero-order valence-corrected chi connectivity index (χ0v) is 23.6. The van der Waals surface area contributed by atoms with Crippen LogP contribution in [0, 0.1) is 5.92 Å². The number of amides is 1. The van der Waals surface area contributed by atoms with E-state index in [1.165, 1.54) is 0 Å². The first-order valence-electron chi connectivity index (χ1n) is 9.88. The van der Waals surface area contributed by atoms with E-state index in [4.69, 9.17) is 4.74 Å². The van der Waals surface area contributed by atoms with Crippen LogP contribution in [0.4, 0.5) is 0 Å². The van der Waals surface area contributed by atoms with Gasteiger partial charge in [-0.25, -0.2) is 4.79 Å². The minimum atomic E-state index is -0.935. The van der Waals surface area contributed by atoms with Gasteiger partial charge in [0.25, 0.3) is 0 Å². The largest absolute Gasteiger partial charge is 0.480 e. The Balaban J connectivity index is -0.000000729. The van der Waals surface area contributed by atoms with Gasteiger partial charge in [0.2, 0.25) is 5.91 Å². The second-order valence-corrected chi connectivity index (χ2v) is 7.43. The molecule has 1 aliphatic heterocycles. The molecule has 0 radical (unpaired) electrons. The van der Waals surface area contributed by atoms with Crippen LogP contribution in [0.15, 0.2) is 0 Å². The van der Waals surface area contributed by atoms with Crippen LogP contribution in [0.25, 0.3) is 0 Å². The van der Waals surface area contributed by atoms with Gasteiger partial charge in [-0.2, -0.15) is 67.5 Å². The maximum Gasteiger partial charge on any atom is 0.326 e. The van der Waals surface area contributed by atoms with Crippen molar-refractivity contribution in [3.63, 3.8) is 0 Å². The highest BCUT2D eigenvalue weighted by Gasteiger charge is 2.48. The molecule has 1 heterocycles. The minimum Gasteiger partial charge on any atom is -0.480 e. The highest BCUT2D eigenvalue weighted by atomic mass is 32.1. The average Bonchev–Trinajstić information content (AvgIpc) is 3.00. The van der Waals surface area contributed by atoms with Crippen molar-refractivity contribution in [2.24, 2.45) is 5.92 Å². The van der Waals surface area contributed by atoms with E-state index in [2.05, 4.69) is 5.32 Å². The molecule has 1 aliphatic carbocycles. The van der Waals surface area contributed by atoms with Crippen LogP contribution in [0.5, 0.6) is 0 Å². The predicted octanol–water partition coefficient (Wildman–Crippen LogP) is 2.50. The van der Waals surface area contributed by atoms with Gasteiger partial charge in [-0.1, -0.05) is 26.2 Å². The SMILES string of the molecule is CCC[C@H](N[C@@H](C)C(=O)N1[C@H](C(=O)O)C[C@@H]2CCCC[C@@H]21)C(=O)OCC.S.S.S.S.S. The standard InChI is InChI=1S/C19H32N2O5.5H2S/c1-4-8-14(19(25)26-5-2)20-12(3)17(22)21-15-10-7-6-9-13(15)11-16(21)18(23)24;;;;;/h12-16,20H,4-11H2,1-3H3,(H,23,24);5*1H2/t12-,13-,14-,15-,16-;;;;;/m0...../s1. The maximum atomic E-state index is 13.1. The zero-order valence-electron chi connectivity index (χ0n) is 18.6. The number of esters is 1. The van der Waals surface area contributed by atoms with Gasteiger partial charge in [0.15, 0.2) is 0 Å². The van der Waals surface area contributed by atoms with Crippen LogP contribution in [-0.4, -0.2) is 58.6 Å². The molecular weight excluding hydrogens is 497 g/mol. The van der Waals surface area contributed by atoms with Gasteiger partial charge in [0.1, 0.15) is 12.1 Å². The average molecular weight is 539 g/mol. The van der Waals surface area contributed by atoms with E-state index in [9.17, 15) is 19.5 Å². The monoisotopic (exact) mass is 538 g/mol. The number of nitrogens with one attached hydrogen (secondary N) is 1. The number of rotatable bonds is 8. The number of carboxylic acid groups (broad SMARTS) is 1. The molecule has 1 saturated carbocycles. The first-order valence-corrected chi connectivity index (χ1v) is 9.88. The smallest absolute Gasteiger partial charge is 0.326 e. The molecule has 2 N–H and O–H groups in total. The van der Waals surface area contributed by atoms with E-state index < -0.39 is 24.1 Å². The van der Waals surface area contributed by atoms with Crippen LogP contribution in [0.1, 0.15) is 65.7 Å². The lowest BCUT2D eigenvalue weighted by atomic mass is 9.84. The molecule has 1 saturated heterocycles. The Morgan fingerprint density at radius 1 is 1.06 bits per heavy atom. The van der Waals surface area contributed by atoms with Crippen LogP contribution < -0.4 is 5.32 Å². The quantitative estimate of drug-likeness (QED) is 0.461. The van der Waals surface area contributed by atoms with Crippen molar-refractivity contribution in [2.45, 2.75) is 89.9 Å². The van der Waals surface area contributed by atoms with Crippen molar-refractivity contribution in [1.82, 2.24) is 10.2 Å². The van der Waals surface area contributed by atoms with Gasteiger partial charge in [-0.05, 0) is 45.4 Å². The Morgan fingerprint density at radius 2 is 1.65 bits per heavy atom. The number of hydrogen-bond donors (Lipinski definition) is 2. The molecule has 12 heteroatoms. The zero-order chi connectivity index (χ0) is 19.3. The third-order valence-electron chi connectivity index (χ3n) is 5.60. The second kappa shape index (κ2) is 18.5. The lowest BCUT2D eigenvalue weighted by Gasteiger charge is -2.35. The first-order chi connectivity index (χ1) is 12.4. The van der Waals surface area contributed by atoms with Gasteiger partial charge >= 0.3 is 11.9 Å². The van der Waals surface area contributed by atoms with Gasteiger partial charge in [0, 0.05) is 6.04 Å². The van der Waals surface area contributed by atoms with Crippen LogP contribution in [0.3, 0.4) is 0 Å². The van der Waals surface area contributed by atoms with E-state index in [0.717, 1.165) is 32.1 Å². The number of hydrogen-bond acceptors (Lipinski definition) is 5. The summed E-state index contributed by atoms with van der Waals surface area (Å²) >= 11 is 0. The number of likely N-dealkylation sites (tertiary alicyclic amines) is 1. The van der Waals surface area contributed by atoms with E-state index in [0.29, 0.717) is 19.4 Å². The number of aliphatic carboxylic acids is 1. The van der Waals surface area contributed by atoms with Gasteiger partial charge in [-0.15, -0.1) is 0 Å². The number of ether oxygens (including phenoxy) is 1. The fourth-order valence-electron chi connectivity index (χ4n) is 4.39. The van der Waals surface area contributed by atoms with E-state index in [1.807, 2.05) is 6.92 Å². The van der Waals surface area contributed by atoms with E-state index >= 15 is 0 Å². The molecular formula is C19H42N2O5S5. The topological polar surface area (TPSA) is 95.9 Å². The van der Waals surface area contributed by atoms with E-state index in [1.54, 1.807) is 18.7 Å². The van der Waals surface area contributed by atoms with Crippen LogP contribution >= 0.6 is 67.5 Å². The Labute approximate surface area is 221 Å². The summed E-state index contributed by atoms with van der Waals surface area (Å²) in [5.41, 5.74) is 0. The molecule has 0 aromatic rings. The lowest BCUT2D eigenvalue weighted by molar-refractivity contribution is -0.152. The molecule has 0 spiro atoms. The molecule has 2 rings (SSSR count). The van der Waals surface area contributed by atoms with Crippen molar-refractivity contribution in [3.05, 3.63) is 0 Å². The number of carboxylic acids is 1. The van der Waals surface area contributed by atoms with E-state index in [-0.39, 0.29) is 91.3 Å². The summed E-state index contributed by atoms with van der Waals surface area (Å²) in [4.78, 5) is 38.5. The Bertz CT molecular complexity index is 544. The molecule has 0 unspecified atom stereocenters. The number of carbonyl (C=O) groups excluding carboxylic acids is 2. The number of nitrogens with zero attached hydrogens (tertiary/aromatic N) is 1. The molecule has 188 valence electrons. The fourth-order valence-corrected chi connectivity index (χ4v) is 4.39. The normalized spacial score (nSPS) is 23.1. The van der Waals surface area contributed by atoms with Crippen LogP contribution in [-0.2, 0) is 19.1 Å². The lowest BCUT2D eigenvalue weighted by Crippen LogP contribution is -2.55. The minimum absolute atomic E-state index is 0. The third-order valence-corrected chi connectivity index (χ3v) is 5.60. The predicted molar refractivity (Wildman–Crippen MR) is 148 cm³/mol. The maximum absolute atomic E-state index is 13.1. The molecule has 0 aromatic heterocycles. The van der Waals surface area contributed by atoms with Crippen LogP contribution in [0.2, 0.25) is 0 Å². The summed E-state index contributed by atoms with van der Waals surface area (Å²) in [7, 11) is 0. The fraction of sp³-hybridized carbons (Fsp3) is 0.842. The summed E-state index contributed by atoms with van der Waals surface area (Å²) < 4.78 is 5.09. The Kier molecular flexibility index (Phi) is 23.0. The summed E-state index contributed by atoms with van der Waals surface area (Å²) in [5.74, 6) is -1.24. The van der Waals surface area contributed by atoms with Crippen molar-refractivity contribution < 1.29 is 24.2 Å². The molecule has 2 aliphatic rings. The molecule has 7 nitrogen and oxygen atoms in total. The van der Waals surface area contributed by atoms with Crippen molar-refractivity contribution >= 4 is 85.3 Å². The van der Waals surface area contributed by atoms with Crippen molar-refractivity contribution in [2.75, 3.05) is 6.61 Å². The number of fused-ring (bicyclic) bond motifs is 1.